The minimum absolute atomic E-state index is 0.886. The van der Waals surface area contributed by atoms with Gasteiger partial charge in [0.05, 0.1) is 0 Å². The molecule has 1 nitrogen and oxygen atoms in total. The molecule has 17 heavy (non-hydrogen) atoms. The van der Waals surface area contributed by atoms with Crippen molar-refractivity contribution in [1.29, 1.82) is 0 Å². The van der Waals surface area contributed by atoms with Crippen molar-refractivity contribution in [1.82, 2.24) is 0 Å². The fourth-order valence-corrected chi connectivity index (χ4v) is 2.65. The highest BCUT2D eigenvalue weighted by atomic mass is 14.9. The monoisotopic (exact) mass is 231 g/mol. The van der Waals surface area contributed by atoms with Crippen LogP contribution in [-0.2, 0) is 6.42 Å². The average molecular weight is 231 g/mol. The lowest BCUT2D eigenvalue weighted by molar-refractivity contribution is 0.300. The molecular formula is C16H25N. The number of nitrogens with one attached hydrogen (secondary N) is 1. The molecule has 1 fully saturated rings. The number of aryl methyl sites for hydroxylation is 1. The van der Waals surface area contributed by atoms with E-state index in [9.17, 15) is 0 Å². The summed E-state index contributed by atoms with van der Waals surface area (Å²) < 4.78 is 0. The van der Waals surface area contributed by atoms with Crippen molar-refractivity contribution in [2.75, 3.05) is 11.9 Å². The second-order valence-electron chi connectivity index (χ2n) is 5.56. The highest BCUT2D eigenvalue weighted by molar-refractivity contribution is 5.44. The number of rotatable bonds is 4. The van der Waals surface area contributed by atoms with Crippen LogP contribution in [0.2, 0.25) is 0 Å². The van der Waals surface area contributed by atoms with E-state index in [-0.39, 0.29) is 0 Å². The molecule has 1 aromatic carbocycles. The summed E-state index contributed by atoms with van der Waals surface area (Å²) in [6.45, 7) is 5.73. The lowest BCUT2D eigenvalue weighted by Crippen LogP contribution is -2.20. The van der Waals surface area contributed by atoms with Gasteiger partial charge in [-0.3, -0.25) is 0 Å². The van der Waals surface area contributed by atoms with Gasteiger partial charge >= 0.3 is 0 Å². The number of anilines is 1. The molecule has 2 rings (SSSR count). The van der Waals surface area contributed by atoms with Crippen molar-refractivity contribution in [2.24, 2.45) is 11.8 Å². The van der Waals surface area contributed by atoms with E-state index < -0.39 is 0 Å². The summed E-state index contributed by atoms with van der Waals surface area (Å²) in [6, 6.07) is 8.88. The molecular weight excluding hydrogens is 206 g/mol. The third kappa shape index (κ3) is 3.76. The maximum absolute atomic E-state index is 3.58. The van der Waals surface area contributed by atoms with Gasteiger partial charge < -0.3 is 5.32 Å². The lowest BCUT2D eigenvalue weighted by Gasteiger charge is -2.26. The standard InChI is InChI=1S/C16H25N/c1-3-14-8-10-16(11-9-14)17-12-15-6-4-13(2)5-7-15/h8-11,13,15,17H,3-7,12H2,1-2H3. The summed E-state index contributed by atoms with van der Waals surface area (Å²) in [5.41, 5.74) is 2.70. The van der Waals surface area contributed by atoms with Crippen LogP contribution in [0.25, 0.3) is 0 Å². The molecule has 0 atom stereocenters. The quantitative estimate of drug-likeness (QED) is 0.805. The summed E-state index contributed by atoms with van der Waals surface area (Å²) in [5.74, 6) is 1.84. The molecule has 1 heteroatoms. The molecule has 0 unspecified atom stereocenters. The van der Waals surface area contributed by atoms with Crippen molar-refractivity contribution < 1.29 is 0 Å². The molecule has 0 radical (unpaired) electrons. The molecule has 0 saturated heterocycles. The first-order valence-corrected chi connectivity index (χ1v) is 7.10. The lowest BCUT2D eigenvalue weighted by atomic mass is 9.83. The molecule has 0 aliphatic heterocycles. The molecule has 0 spiro atoms. The number of hydrogen-bond donors (Lipinski definition) is 1. The van der Waals surface area contributed by atoms with Gasteiger partial charge in [-0.2, -0.15) is 0 Å². The third-order valence-corrected chi connectivity index (χ3v) is 4.09. The first kappa shape index (κ1) is 12.5. The predicted octanol–water partition coefficient (Wildman–Crippen LogP) is 4.49. The Kier molecular flexibility index (Phi) is 4.47. The normalized spacial score (nSPS) is 24.6. The van der Waals surface area contributed by atoms with E-state index in [0.29, 0.717) is 0 Å². The van der Waals surface area contributed by atoms with E-state index in [1.165, 1.54) is 36.9 Å². The second kappa shape index (κ2) is 6.09. The Hall–Kier alpha value is -0.980. The van der Waals surface area contributed by atoms with E-state index >= 15 is 0 Å². The minimum Gasteiger partial charge on any atom is -0.385 e. The van der Waals surface area contributed by atoms with Crippen molar-refractivity contribution in [3.05, 3.63) is 29.8 Å². The Morgan fingerprint density at radius 1 is 1.06 bits per heavy atom. The highest BCUT2D eigenvalue weighted by Crippen LogP contribution is 2.28. The Bertz CT molecular complexity index is 320. The van der Waals surface area contributed by atoms with Gasteiger partial charge in [-0.25, -0.2) is 0 Å². The van der Waals surface area contributed by atoms with Crippen LogP contribution in [0, 0.1) is 11.8 Å². The zero-order chi connectivity index (χ0) is 12.1. The molecule has 1 N–H and O–H groups in total. The predicted molar refractivity (Wildman–Crippen MR) is 75.4 cm³/mol. The van der Waals surface area contributed by atoms with Crippen LogP contribution in [0.15, 0.2) is 24.3 Å². The van der Waals surface area contributed by atoms with E-state index in [4.69, 9.17) is 0 Å². The van der Waals surface area contributed by atoms with Crippen LogP contribution >= 0.6 is 0 Å². The largest absolute Gasteiger partial charge is 0.385 e. The fourth-order valence-electron chi connectivity index (χ4n) is 2.65. The van der Waals surface area contributed by atoms with Gasteiger partial charge in [0.1, 0.15) is 0 Å². The number of benzene rings is 1. The van der Waals surface area contributed by atoms with E-state index in [2.05, 4.69) is 43.4 Å². The summed E-state index contributed by atoms with van der Waals surface area (Å²) >= 11 is 0. The maximum atomic E-state index is 3.58. The van der Waals surface area contributed by atoms with Gasteiger partial charge in [-0.15, -0.1) is 0 Å². The Balaban J connectivity index is 1.77. The smallest absolute Gasteiger partial charge is 0.0340 e. The first-order valence-electron chi connectivity index (χ1n) is 7.10. The van der Waals surface area contributed by atoms with Crippen LogP contribution in [-0.4, -0.2) is 6.54 Å². The zero-order valence-corrected chi connectivity index (χ0v) is 11.2. The Morgan fingerprint density at radius 3 is 2.29 bits per heavy atom. The molecule has 1 aromatic rings. The summed E-state index contributed by atoms with van der Waals surface area (Å²) in [7, 11) is 0. The zero-order valence-electron chi connectivity index (χ0n) is 11.2. The molecule has 1 saturated carbocycles. The summed E-state index contributed by atoms with van der Waals surface area (Å²) in [4.78, 5) is 0. The van der Waals surface area contributed by atoms with Crippen LogP contribution in [0.3, 0.4) is 0 Å². The average Bonchev–Trinajstić information content (AvgIpc) is 2.39. The van der Waals surface area contributed by atoms with Gasteiger partial charge in [-0.05, 0) is 48.8 Å². The fraction of sp³-hybridized carbons (Fsp3) is 0.625. The summed E-state index contributed by atoms with van der Waals surface area (Å²) in [6.07, 6.45) is 6.77. The van der Waals surface area contributed by atoms with Crippen LogP contribution in [0.1, 0.15) is 45.1 Å². The van der Waals surface area contributed by atoms with Crippen LogP contribution in [0.4, 0.5) is 5.69 Å². The van der Waals surface area contributed by atoms with Crippen molar-refractivity contribution in [2.45, 2.75) is 46.0 Å². The Morgan fingerprint density at radius 2 is 1.71 bits per heavy atom. The van der Waals surface area contributed by atoms with E-state index in [1.54, 1.807) is 0 Å². The summed E-state index contributed by atoms with van der Waals surface area (Å²) in [5, 5.41) is 3.58. The van der Waals surface area contributed by atoms with Gasteiger partial charge in [0.25, 0.3) is 0 Å². The maximum Gasteiger partial charge on any atom is 0.0340 e. The van der Waals surface area contributed by atoms with Crippen molar-refractivity contribution >= 4 is 5.69 Å². The molecule has 0 amide bonds. The van der Waals surface area contributed by atoms with Crippen molar-refractivity contribution in [3.63, 3.8) is 0 Å². The Labute approximate surface area is 106 Å². The molecule has 0 aromatic heterocycles. The van der Waals surface area contributed by atoms with Gasteiger partial charge in [0.2, 0.25) is 0 Å². The van der Waals surface area contributed by atoms with Gasteiger partial charge in [0, 0.05) is 12.2 Å². The van der Waals surface area contributed by atoms with Gasteiger partial charge in [0.15, 0.2) is 0 Å². The van der Waals surface area contributed by atoms with Crippen LogP contribution in [0.5, 0.6) is 0 Å². The topological polar surface area (TPSA) is 12.0 Å². The first-order chi connectivity index (χ1) is 8.28. The molecule has 1 aliphatic carbocycles. The van der Waals surface area contributed by atoms with Crippen LogP contribution < -0.4 is 5.32 Å². The SMILES string of the molecule is CCc1ccc(NCC2CCC(C)CC2)cc1. The van der Waals surface area contributed by atoms with E-state index in [0.717, 1.165) is 24.8 Å². The highest BCUT2D eigenvalue weighted by Gasteiger charge is 2.17. The molecule has 94 valence electrons. The third-order valence-electron chi connectivity index (χ3n) is 4.09. The van der Waals surface area contributed by atoms with Gasteiger partial charge in [-0.1, -0.05) is 38.8 Å². The number of hydrogen-bond acceptors (Lipinski definition) is 1. The molecule has 1 aliphatic rings. The second-order valence-corrected chi connectivity index (χ2v) is 5.56. The van der Waals surface area contributed by atoms with Crippen molar-refractivity contribution in [3.8, 4) is 0 Å². The molecule has 0 bridgehead atoms. The van der Waals surface area contributed by atoms with E-state index in [1.807, 2.05) is 0 Å². The minimum atomic E-state index is 0.886. The molecule has 0 heterocycles.